The van der Waals surface area contributed by atoms with E-state index in [9.17, 15) is 43.3 Å². The molecule has 5 aromatic carbocycles. The van der Waals surface area contributed by atoms with Crippen molar-refractivity contribution in [3.63, 3.8) is 0 Å². The molecule has 0 unspecified atom stereocenters. The van der Waals surface area contributed by atoms with Gasteiger partial charge in [-0.1, -0.05) is 58.6 Å². The third kappa shape index (κ3) is 12.3. The second kappa shape index (κ2) is 22.8. The number of anilines is 5. The number of hydrogen-bond donors (Lipinski definition) is 1. The molecule has 3 saturated heterocycles. The van der Waals surface area contributed by atoms with Crippen molar-refractivity contribution in [1.82, 2.24) is 14.9 Å². The molecule has 2 amide bonds. The van der Waals surface area contributed by atoms with Crippen molar-refractivity contribution in [2.24, 2.45) is 0 Å². The summed E-state index contributed by atoms with van der Waals surface area (Å²) >= 11 is 14.4. The van der Waals surface area contributed by atoms with Crippen LogP contribution >= 0.6 is 45.9 Å². The molecule has 27 heteroatoms. The number of hydrogen-bond acceptors (Lipinski definition) is 17. The Kier molecular flexibility index (Phi) is 16.5. The number of thiazole rings is 2. The van der Waals surface area contributed by atoms with Gasteiger partial charge in [-0.05, 0) is 111 Å². The summed E-state index contributed by atoms with van der Waals surface area (Å²) in [6.07, 6.45) is 2.41. The van der Waals surface area contributed by atoms with E-state index in [4.69, 9.17) is 27.4 Å². The molecule has 10 rings (SSSR count). The molecule has 2 atom stereocenters. The number of nitrogens with zero attached hydrogens (tertiary/aromatic N) is 7. The molecule has 404 valence electrons. The van der Waals surface area contributed by atoms with Crippen molar-refractivity contribution in [3.05, 3.63) is 160 Å². The number of aryl methyl sites for hydroxylation is 2. The number of benzene rings is 5. The van der Waals surface area contributed by atoms with Gasteiger partial charge < -0.3 is 14.7 Å². The van der Waals surface area contributed by atoms with E-state index < -0.39 is 52.2 Å². The minimum absolute atomic E-state index is 0.0424. The van der Waals surface area contributed by atoms with Gasteiger partial charge in [-0.25, -0.2) is 18.4 Å². The molecule has 0 radical (unpaired) electrons. The lowest BCUT2D eigenvalue weighted by Crippen LogP contribution is -2.52. The van der Waals surface area contributed by atoms with E-state index in [1.54, 1.807) is 59.7 Å². The normalized spacial score (nSPS) is 17.6. The van der Waals surface area contributed by atoms with Crippen molar-refractivity contribution in [3.8, 4) is 0 Å². The molecule has 77 heavy (non-hydrogen) atoms. The van der Waals surface area contributed by atoms with Crippen LogP contribution in [0.3, 0.4) is 0 Å². The second-order valence-electron chi connectivity index (χ2n) is 17.8. The first-order valence-electron chi connectivity index (χ1n) is 23.6. The molecular formula is C50H48Cl2N8O11S6. The van der Waals surface area contributed by atoms with Crippen molar-refractivity contribution >= 4 is 125 Å². The predicted octanol–water partition coefficient (Wildman–Crippen LogP) is 8.03. The average molecular weight is 1200 g/mol. The van der Waals surface area contributed by atoms with Crippen LogP contribution in [-0.4, -0.2) is 112 Å². The van der Waals surface area contributed by atoms with E-state index >= 15 is 0 Å². The van der Waals surface area contributed by atoms with Gasteiger partial charge in [0.25, 0.3) is 46.1 Å². The molecule has 3 fully saturated rings. The predicted molar refractivity (Wildman–Crippen MR) is 297 cm³/mol. The summed E-state index contributed by atoms with van der Waals surface area (Å²) in [5, 5.41) is 4.42. The monoisotopic (exact) mass is 1200 g/mol. The number of amides is 2. The minimum atomic E-state index is -4.68. The Morgan fingerprint density at radius 1 is 0.571 bits per heavy atom. The van der Waals surface area contributed by atoms with Crippen LogP contribution in [0.1, 0.15) is 24.0 Å². The summed E-state index contributed by atoms with van der Waals surface area (Å²) in [5.41, 5.74) is 3.63. The van der Waals surface area contributed by atoms with E-state index in [1.807, 2.05) is 19.1 Å². The summed E-state index contributed by atoms with van der Waals surface area (Å²) in [5.74, 6) is -0.562. The molecule has 3 aliphatic heterocycles. The van der Waals surface area contributed by atoms with Crippen LogP contribution in [0.4, 0.5) is 27.3 Å². The van der Waals surface area contributed by atoms with E-state index in [-0.39, 0.29) is 49.6 Å². The summed E-state index contributed by atoms with van der Waals surface area (Å²) < 4.78 is 113. The van der Waals surface area contributed by atoms with E-state index in [0.717, 1.165) is 60.8 Å². The van der Waals surface area contributed by atoms with Gasteiger partial charge in [0.15, 0.2) is 11.2 Å². The maximum atomic E-state index is 13.7. The Bertz CT molecular complexity index is 3700. The van der Waals surface area contributed by atoms with Crippen LogP contribution in [0.25, 0.3) is 0 Å². The lowest BCUT2D eigenvalue weighted by molar-refractivity contribution is -0.123. The zero-order valence-corrected chi connectivity index (χ0v) is 47.3. The zero-order chi connectivity index (χ0) is 54.9. The number of carbonyl (C=O) groups excluding carboxylic acids is 2. The number of sulfonamides is 3. The molecule has 0 bridgehead atoms. The van der Waals surface area contributed by atoms with Crippen LogP contribution in [0.5, 0.6) is 0 Å². The highest BCUT2D eigenvalue weighted by Gasteiger charge is 2.41. The molecule has 0 aliphatic carbocycles. The highest BCUT2D eigenvalue weighted by atomic mass is 35.5. The molecule has 7 aromatic rings. The Morgan fingerprint density at radius 3 is 1.60 bits per heavy atom. The Morgan fingerprint density at radius 2 is 1.06 bits per heavy atom. The number of piperazine rings is 1. The fourth-order valence-corrected chi connectivity index (χ4v) is 16.8. The first kappa shape index (κ1) is 55.7. The smallest absolute Gasteiger partial charge is 0.297 e. The van der Waals surface area contributed by atoms with Crippen molar-refractivity contribution < 1.29 is 47.4 Å². The number of carbonyl (C=O) groups is 2. The topological polar surface area (TPSA) is 234 Å². The van der Waals surface area contributed by atoms with Gasteiger partial charge in [0.05, 0.1) is 25.6 Å². The maximum Gasteiger partial charge on any atom is 0.297 e. The van der Waals surface area contributed by atoms with E-state index in [0.29, 0.717) is 36.8 Å². The SMILES string of the molecule is Cc1ccc(S(=O)(=O)O[C@@H]2CCN(c3ccc(S(=O)(=O)N(c4nccs4)S(=O)(=O)c4ccc(C)cc4)cc3)C2=O)cc1.O=C1[C@@H](N2CCN(c3cc(Cl)cc(Cl)c3)CC2)CCN1c1ccc(S(=O)(=O)Nc2nccs2)cc1. The first-order chi connectivity index (χ1) is 36.6. The van der Waals surface area contributed by atoms with Crippen LogP contribution in [0.15, 0.2) is 158 Å². The summed E-state index contributed by atoms with van der Waals surface area (Å²) in [6, 6.07) is 28.6. The maximum absolute atomic E-state index is 13.7. The van der Waals surface area contributed by atoms with Crippen LogP contribution in [-0.2, 0) is 54.0 Å². The molecule has 2 aromatic heterocycles. The van der Waals surface area contributed by atoms with Gasteiger partial charge in [0.2, 0.25) is 11.0 Å². The van der Waals surface area contributed by atoms with Gasteiger partial charge in [-0.3, -0.25) is 23.4 Å². The summed E-state index contributed by atoms with van der Waals surface area (Å²) in [7, 11) is -17.2. The molecule has 19 nitrogen and oxygen atoms in total. The second-order valence-corrected chi connectivity index (χ2v) is 27.5. The molecular weight excluding hydrogens is 1150 g/mol. The highest BCUT2D eigenvalue weighted by molar-refractivity contribution is 8.10. The Labute approximate surface area is 464 Å². The quantitative estimate of drug-likeness (QED) is 0.0957. The number of rotatable bonds is 15. The molecule has 5 heterocycles. The minimum Gasteiger partial charge on any atom is -0.369 e. The van der Waals surface area contributed by atoms with Crippen molar-refractivity contribution in [2.45, 2.75) is 58.4 Å². The molecule has 0 spiro atoms. The third-order valence-corrected chi connectivity index (χ3v) is 21.8. The summed E-state index contributed by atoms with van der Waals surface area (Å²) in [6.45, 7) is 7.38. The number of nitrogens with one attached hydrogen (secondary N) is 1. The van der Waals surface area contributed by atoms with Crippen LogP contribution in [0.2, 0.25) is 10.0 Å². The molecule has 1 N–H and O–H groups in total. The van der Waals surface area contributed by atoms with E-state index in [2.05, 4.69) is 24.5 Å². The van der Waals surface area contributed by atoms with Gasteiger partial charge in [0.1, 0.15) is 0 Å². The average Bonchev–Trinajstić information content (AvgIpc) is 4.25. The first-order valence-corrected chi connectivity index (χ1v) is 31.9. The van der Waals surface area contributed by atoms with Crippen molar-refractivity contribution in [2.75, 3.05) is 62.4 Å². The zero-order valence-electron chi connectivity index (χ0n) is 40.9. The number of aromatic nitrogens is 2. The molecule has 0 saturated carbocycles. The Balaban J connectivity index is 0.000000191. The van der Waals surface area contributed by atoms with Crippen molar-refractivity contribution in [1.29, 1.82) is 0 Å². The summed E-state index contributed by atoms with van der Waals surface area (Å²) in [4.78, 5) is 41.1. The van der Waals surface area contributed by atoms with Crippen LogP contribution in [0, 0.1) is 13.8 Å². The molecule has 3 aliphatic rings. The van der Waals surface area contributed by atoms with E-state index in [1.165, 1.54) is 94.7 Å². The lowest BCUT2D eigenvalue weighted by Gasteiger charge is -2.38. The fraction of sp³-hybridized carbons (Fsp3) is 0.240. The van der Waals surface area contributed by atoms with Gasteiger partial charge in [0, 0.05) is 96.0 Å². The number of halogens is 2. The van der Waals surface area contributed by atoms with Gasteiger partial charge in [-0.2, -0.15) is 25.3 Å². The highest BCUT2D eigenvalue weighted by Crippen LogP contribution is 2.35. The largest absolute Gasteiger partial charge is 0.369 e. The fourth-order valence-electron chi connectivity index (χ4n) is 8.78. The third-order valence-electron chi connectivity index (χ3n) is 12.7. The van der Waals surface area contributed by atoms with Gasteiger partial charge in [-0.15, -0.1) is 26.4 Å². The van der Waals surface area contributed by atoms with Crippen LogP contribution < -0.4 is 23.1 Å². The van der Waals surface area contributed by atoms with Gasteiger partial charge >= 0.3 is 0 Å². The lowest BCUT2D eigenvalue weighted by atomic mass is 10.1. The Hall–Kier alpha value is -6.00. The standard InChI is InChI=1S/C27H25N3O8S4.C23H23Cl2N5O3S2/c1-19-3-9-22(10-4-19)40(32,33)30(27-28-16-18-39-27)41(34,35)23-13-7-21(8-14-23)29-17-15-25(26(29)31)38-42(36,37)24-11-5-20(2)6-12-24;24-16-13-17(25)15-19(14-16)28-8-10-29(11-9-28)21-5-7-30(22(21)31)18-1-3-20(4-2-18)35(32,33)27-23-26-6-12-34-23/h3-14,16,18,25H,15,17H2,1-2H3;1-4,6,12-15,21H,5,7-11H2,(H,26,27)/t25-;21-/m10/s1.